The van der Waals surface area contributed by atoms with Gasteiger partial charge in [-0.1, -0.05) is 12.1 Å². The van der Waals surface area contributed by atoms with Crippen LogP contribution in [-0.4, -0.2) is 90.8 Å². The van der Waals surface area contributed by atoms with Crippen molar-refractivity contribution in [2.75, 3.05) is 58.4 Å². The minimum absolute atomic E-state index is 0.0758. The van der Waals surface area contributed by atoms with Crippen molar-refractivity contribution >= 4 is 35.1 Å². The molecule has 2 aromatic rings. The van der Waals surface area contributed by atoms with Crippen molar-refractivity contribution in [3.63, 3.8) is 0 Å². The minimum atomic E-state index is -0.535. The highest BCUT2D eigenvalue weighted by atomic mass is 32.1. The number of carbonyl (C=O) groups excluding carboxylic acids is 3. The van der Waals surface area contributed by atoms with Crippen molar-refractivity contribution < 1.29 is 28.2 Å². The summed E-state index contributed by atoms with van der Waals surface area (Å²) in [5, 5.41) is 4.77. The first-order valence-electron chi connectivity index (χ1n) is 10.9. The Bertz CT molecular complexity index is 996. The maximum atomic E-state index is 13.9. The SMILES string of the molecule is CCOC(=O)N1CCN(C(=O)c2csc(CN(CCOC)C(=O)Nc3ccccc3F)n2)CC1. The van der Waals surface area contributed by atoms with E-state index in [1.54, 1.807) is 34.2 Å². The molecule has 1 aromatic heterocycles. The monoisotopic (exact) mass is 493 g/mol. The second-order valence-corrected chi connectivity index (χ2v) is 8.37. The summed E-state index contributed by atoms with van der Waals surface area (Å²) in [6, 6.07) is 5.41. The van der Waals surface area contributed by atoms with Gasteiger partial charge in [-0.25, -0.2) is 19.0 Å². The first-order chi connectivity index (χ1) is 16.4. The van der Waals surface area contributed by atoms with Crippen LogP contribution in [0.1, 0.15) is 22.4 Å². The molecule has 0 spiro atoms. The molecule has 12 heteroatoms. The van der Waals surface area contributed by atoms with Gasteiger partial charge in [-0.3, -0.25) is 4.79 Å². The predicted octanol–water partition coefficient (Wildman–Crippen LogP) is 2.88. The maximum Gasteiger partial charge on any atom is 0.409 e. The highest BCUT2D eigenvalue weighted by molar-refractivity contribution is 7.09. The Morgan fingerprint density at radius 2 is 1.88 bits per heavy atom. The fraction of sp³-hybridized carbons (Fsp3) is 0.455. The molecule has 1 aromatic carbocycles. The number of amides is 4. The molecule has 0 saturated carbocycles. The molecular formula is C22H28FN5O5S. The van der Waals surface area contributed by atoms with Gasteiger partial charge in [0.05, 0.1) is 25.4 Å². The van der Waals surface area contributed by atoms with Crippen molar-refractivity contribution in [1.29, 1.82) is 0 Å². The Balaban J connectivity index is 1.60. The number of hydrogen-bond acceptors (Lipinski definition) is 7. The number of aromatic nitrogens is 1. The summed E-state index contributed by atoms with van der Waals surface area (Å²) in [6.07, 6.45) is -0.379. The number of urea groups is 1. The number of benzene rings is 1. The summed E-state index contributed by atoms with van der Waals surface area (Å²) in [6.45, 7) is 4.28. The summed E-state index contributed by atoms with van der Waals surface area (Å²) in [7, 11) is 1.52. The molecule has 1 saturated heterocycles. The molecular weight excluding hydrogens is 465 g/mol. The zero-order chi connectivity index (χ0) is 24.5. The minimum Gasteiger partial charge on any atom is -0.450 e. The van der Waals surface area contributed by atoms with Crippen LogP contribution in [0.15, 0.2) is 29.6 Å². The molecule has 184 valence electrons. The smallest absolute Gasteiger partial charge is 0.409 e. The Labute approximate surface area is 201 Å². The highest BCUT2D eigenvalue weighted by Crippen LogP contribution is 2.18. The summed E-state index contributed by atoms with van der Waals surface area (Å²) < 4.78 is 24.0. The maximum absolute atomic E-state index is 13.9. The lowest BCUT2D eigenvalue weighted by molar-refractivity contribution is 0.0566. The fourth-order valence-electron chi connectivity index (χ4n) is 3.32. The van der Waals surface area contributed by atoms with Crippen LogP contribution in [0.5, 0.6) is 0 Å². The standard InChI is InChI=1S/C22H28FN5O5S/c1-3-33-22(31)27-10-8-26(9-11-27)20(29)18-15-34-19(24-18)14-28(12-13-32-2)21(30)25-17-7-5-4-6-16(17)23/h4-7,15H,3,8-14H2,1-2H3,(H,25,30). The Hall–Kier alpha value is -3.25. The van der Waals surface area contributed by atoms with Crippen LogP contribution < -0.4 is 5.32 Å². The molecule has 0 aliphatic carbocycles. The van der Waals surface area contributed by atoms with E-state index in [-0.39, 0.29) is 43.1 Å². The van der Waals surface area contributed by atoms with E-state index in [2.05, 4.69) is 10.3 Å². The largest absolute Gasteiger partial charge is 0.450 e. The number of rotatable bonds is 8. The Morgan fingerprint density at radius 1 is 1.18 bits per heavy atom. The fourth-order valence-corrected chi connectivity index (χ4v) is 4.11. The number of piperazine rings is 1. The third-order valence-corrected chi connectivity index (χ3v) is 5.99. The van der Waals surface area contributed by atoms with Gasteiger partial charge < -0.3 is 29.5 Å². The van der Waals surface area contributed by atoms with E-state index in [4.69, 9.17) is 9.47 Å². The van der Waals surface area contributed by atoms with Crippen LogP contribution in [0, 0.1) is 5.82 Å². The van der Waals surface area contributed by atoms with E-state index in [0.29, 0.717) is 37.8 Å². The molecule has 3 rings (SSSR count). The first-order valence-corrected chi connectivity index (χ1v) is 11.8. The van der Waals surface area contributed by atoms with E-state index < -0.39 is 11.8 Å². The van der Waals surface area contributed by atoms with Gasteiger partial charge in [0.1, 0.15) is 16.5 Å². The molecule has 1 N–H and O–H groups in total. The van der Waals surface area contributed by atoms with E-state index in [9.17, 15) is 18.8 Å². The number of nitrogens with zero attached hydrogens (tertiary/aromatic N) is 4. The zero-order valence-electron chi connectivity index (χ0n) is 19.2. The topological polar surface area (TPSA) is 104 Å². The number of methoxy groups -OCH3 is 1. The molecule has 0 bridgehead atoms. The van der Waals surface area contributed by atoms with Gasteiger partial charge in [0, 0.05) is 45.2 Å². The molecule has 0 unspecified atom stereocenters. The molecule has 2 heterocycles. The molecule has 4 amide bonds. The van der Waals surface area contributed by atoms with Crippen LogP contribution in [-0.2, 0) is 16.0 Å². The molecule has 1 aliphatic heterocycles. The van der Waals surface area contributed by atoms with Crippen molar-refractivity contribution in [2.45, 2.75) is 13.5 Å². The van der Waals surface area contributed by atoms with Crippen LogP contribution in [0.3, 0.4) is 0 Å². The average Bonchev–Trinajstić information content (AvgIpc) is 3.31. The number of hydrogen-bond donors (Lipinski definition) is 1. The summed E-state index contributed by atoms with van der Waals surface area (Å²) >= 11 is 1.26. The van der Waals surface area contributed by atoms with Gasteiger partial charge in [-0.05, 0) is 19.1 Å². The molecule has 0 radical (unpaired) electrons. The van der Waals surface area contributed by atoms with Crippen molar-refractivity contribution in [3.8, 4) is 0 Å². The van der Waals surface area contributed by atoms with Gasteiger partial charge in [-0.15, -0.1) is 11.3 Å². The summed E-state index contributed by atoms with van der Waals surface area (Å²) in [5.74, 6) is -0.766. The molecule has 10 nitrogen and oxygen atoms in total. The number of anilines is 1. The van der Waals surface area contributed by atoms with Crippen molar-refractivity contribution in [2.24, 2.45) is 0 Å². The molecule has 1 fully saturated rings. The van der Waals surface area contributed by atoms with Crippen LogP contribution in [0.2, 0.25) is 0 Å². The van der Waals surface area contributed by atoms with E-state index in [1.807, 2.05) is 0 Å². The van der Waals surface area contributed by atoms with Crippen molar-refractivity contribution in [1.82, 2.24) is 19.7 Å². The number of ether oxygens (including phenoxy) is 2. The first kappa shape index (κ1) is 25.4. The van der Waals surface area contributed by atoms with Gasteiger partial charge in [0.25, 0.3) is 5.91 Å². The summed E-state index contributed by atoms with van der Waals surface area (Å²) in [5.41, 5.74) is 0.359. The van der Waals surface area contributed by atoms with Crippen molar-refractivity contribution in [3.05, 3.63) is 46.2 Å². The van der Waals surface area contributed by atoms with Crippen LogP contribution in [0.25, 0.3) is 0 Å². The highest BCUT2D eigenvalue weighted by Gasteiger charge is 2.27. The Kier molecular flexibility index (Phi) is 9.16. The van der Waals surface area contributed by atoms with E-state index in [1.165, 1.54) is 35.5 Å². The molecule has 34 heavy (non-hydrogen) atoms. The lowest BCUT2D eigenvalue weighted by Gasteiger charge is -2.33. The molecule has 1 aliphatic rings. The van der Waals surface area contributed by atoms with Gasteiger partial charge in [0.15, 0.2) is 0 Å². The second kappa shape index (κ2) is 12.3. The number of thiazole rings is 1. The molecule has 0 atom stereocenters. The van der Waals surface area contributed by atoms with Gasteiger partial charge in [0.2, 0.25) is 0 Å². The lowest BCUT2D eigenvalue weighted by atomic mass is 10.3. The lowest BCUT2D eigenvalue weighted by Crippen LogP contribution is -2.50. The third kappa shape index (κ3) is 6.64. The zero-order valence-corrected chi connectivity index (χ0v) is 20.0. The number of halogens is 1. The quantitative estimate of drug-likeness (QED) is 0.607. The number of para-hydroxylation sites is 1. The normalized spacial score (nSPS) is 13.5. The second-order valence-electron chi connectivity index (χ2n) is 7.43. The van der Waals surface area contributed by atoms with Crippen LogP contribution in [0.4, 0.5) is 19.7 Å². The van der Waals surface area contributed by atoms with E-state index in [0.717, 1.165) is 0 Å². The number of carbonyl (C=O) groups is 3. The van der Waals surface area contributed by atoms with E-state index >= 15 is 0 Å². The third-order valence-electron chi connectivity index (χ3n) is 5.16. The predicted molar refractivity (Wildman–Crippen MR) is 124 cm³/mol. The average molecular weight is 494 g/mol. The van der Waals surface area contributed by atoms with Gasteiger partial charge in [-0.2, -0.15) is 0 Å². The number of nitrogens with one attached hydrogen (secondary N) is 1. The van der Waals surface area contributed by atoms with Crippen LogP contribution >= 0.6 is 11.3 Å². The van der Waals surface area contributed by atoms with Gasteiger partial charge >= 0.3 is 12.1 Å². The Morgan fingerprint density at radius 3 is 2.56 bits per heavy atom. The summed E-state index contributed by atoms with van der Waals surface area (Å²) in [4.78, 5) is 46.5.